The molecule has 7 heteroatoms. The lowest BCUT2D eigenvalue weighted by Gasteiger charge is -2.16. The molecule has 0 spiro atoms. The normalized spacial score (nSPS) is 11.5. The first-order valence-corrected chi connectivity index (χ1v) is 11.0. The van der Waals surface area contributed by atoms with Gasteiger partial charge in [0.15, 0.2) is 5.78 Å². The molecule has 0 radical (unpaired) electrons. The van der Waals surface area contributed by atoms with Crippen molar-refractivity contribution in [3.8, 4) is 0 Å². The van der Waals surface area contributed by atoms with E-state index in [0.29, 0.717) is 23.4 Å². The Morgan fingerprint density at radius 2 is 1.62 bits per heavy atom. The van der Waals surface area contributed by atoms with Crippen molar-refractivity contribution in [3.05, 3.63) is 89.7 Å². The molecule has 0 aliphatic heterocycles. The summed E-state index contributed by atoms with van der Waals surface area (Å²) >= 11 is 1.37. The second-order valence-corrected chi connectivity index (χ2v) is 8.38. The Bertz CT molecular complexity index is 1130. The Labute approximate surface area is 190 Å². The van der Waals surface area contributed by atoms with Gasteiger partial charge in [-0.25, -0.2) is 4.39 Å². The molecule has 1 unspecified atom stereocenters. The zero-order valence-electron chi connectivity index (χ0n) is 17.7. The average Bonchev–Trinajstić information content (AvgIpc) is 2.78. The minimum absolute atomic E-state index is 0.0350. The van der Waals surface area contributed by atoms with E-state index >= 15 is 0 Å². The molecule has 1 atom stereocenters. The lowest BCUT2D eigenvalue weighted by Crippen LogP contribution is -2.24. The highest BCUT2D eigenvalue weighted by atomic mass is 32.2. The molecule has 3 rings (SSSR count). The van der Waals surface area contributed by atoms with Gasteiger partial charge in [-0.15, -0.1) is 11.8 Å². The van der Waals surface area contributed by atoms with Gasteiger partial charge in [-0.3, -0.25) is 14.4 Å². The van der Waals surface area contributed by atoms with Crippen molar-refractivity contribution in [1.82, 2.24) is 0 Å². The number of nitrogens with one attached hydrogen (secondary N) is 2. The Morgan fingerprint density at radius 3 is 2.28 bits per heavy atom. The molecule has 0 aromatic heterocycles. The molecule has 0 saturated carbocycles. The third-order valence-corrected chi connectivity index (χ3v) is 6.07. The number of rotatable bonds is 8. The summed E-state index contributed by atoms with van der Waals surface area (Å²) in [6.45, 7) is 3.41. The van der Waals surface area contributed by atoms with Gasteiger partial charge in [0.25, 0.3) is 5.91 Å². The summed E-state index contributed by atoms with van der Waals surface area (Å²) in [5.41, 5.74) is 1.68. The van der Waals surface area contributed by atoms with Gasteiger partial charge in [-0.2, -0.15) is 0 Å². The van der Waals surface area contributed by atoms with Gasteiger partial charge in [-0.05, 0) is 67.9 Å². The number of anilines is 2. The van der Waals surface area contributed by atoms with E-state index in [0.717, 1.165) is 4.90 Å². The van der Waals surface area contributed by atoms with E-state index in [4.69, 9.17) is 0 Å². The minimum Gasteiger partial charge on any atom is -0.325 e. The smallest absolute Gasteiger partial charge is 0.258 e. The number of halogens is 1. The number of ketones is 1. The van der Waals surface area contributed by atoms with Crippen LogP contribution in [-0.4, -0.2) is 22.8 Å². The largest absolute Gasteiger partial charge is 0.325 e. The van der Waals surface area contributed by atoms with E-state index in [1.54, 1.807) is 48.5 Å². The number of thioether (sulfide) groups is 1. The van der Waals surface area contributed by atoms with E-state index in [1.165, 1.54) is 36.9 Å². The van der Waals surface area contributed by atoms with Crippen LogP contribution in [0.2, 0.25) is 0 Å². The number of carbonyl (C=O) groups is 3. The predicted octanol–water partition coefficient (Wildman–Crippen LogP) is 5.79. The maximum absolute atomic E-state index is 13.8. The van der Waals surface area contributed by atoms with Crippen LogP contribution < -0.4 is 10.6 Å². The standard InChI is InChI=1S/C25H23FN2O3S/c1-3-23(25(31)27-18-13-11-17(12-14-18)16(2)29)32-20-8-6-7-19(15-20)28-24(30)21-9-4-5-10-22(21)26/h4-15,23H,3H2,1-2H3,(H,27,31)(H,28,30). The van der Waals surface area contributed by atoms with Crippen molar-refractivity contribution in [2.24, 2.45) is 0 Å². The molecule has 2 amide bonds. The fraction of sp³-hybridized carbons (Fsp3) is 0.160. The van der Waals surface area contributed by atoms with Crippen LogP contribution in [-0.2, 0) is 4.79 Å². The maximum Gasteiger partial charge on any atom is 0.258 e. The van der Waals surface area contributed by atoms with E-state index in [-0.39, 0.29) is 22.5 Å². The molecule has 0 bridgehead atoms. The minimum atomic E-state index is -0.588. The zero-order valence-corrected chi connectivity index (χ0v) is 18.5. The highest BCUT2D eigenvalue weighted by molar-refractivity contribution is 8.00. The Balaban J connectivity index is 1.66. The summed E-state index contributed by atoms with van der Waals surface area (Å²) in [6.07, 6.45) is 0.591. The van der Waals surface area contributed by atoms with Gasteiger partial charge < -0.3 is 10.6 Å². The Kier molecular flexibility index (Phi) is 7.78. The number of benzene rings is 3. The maximum atomic E-state index is 13.8. The van der Waals surface area contributed by atoms with Gasteiger partial charge in [0, 0.05) is 21.8 Å². The number of amides is 2. The molecular formula is C25H23FN2O3S. The number of carbonyl (C=O) groups excluding carboxylic acids is 3. The average molecular weight is 451 g/mol. The molecule has 0 heterocycles. The van der Waals surface area contributed by atoms with E-state index < -0.39 is 11.7 Å². The number of hydrogen-bond donors (Lipinski definition) is 2. The van der Waals surface area contributed by atoms with Crippen molar-refractivity contribution in [2.75, 3.05) is 10.6 Å². The molecule has 5 nitrogen and oxygen atoms in total. The van der Waals surface area contributed by atoms with Crippen LogP contribution in [0.5, 0.6) is 0 Å². The molecule has 0 fully saturated rings. The second-order valence-electron chi connectivity index (χ2n) is 7.10. The Hall–Kier alpha value is -3.45. The second kappa shape index (κ2) is 10.7. The third-order valence-electron chi connectivity index (χ3n) is 4.71. The van der Waals surface area contributed by atoms with Crippen molar-refractivity contribution >= 4 is 40.7 Å². The van der Waals surface area contributed by atoms with Crippen molar-refractivity contribution in [2.45, 2.75) is 30.4 Å². The highest BCUT2D eigenvalue weighted by Gasteiger charge is 2.19. The molecule has 3 aromatic rings. The van der Waals surface area contributed by atoms with E-state index in [1.807, 2.05) is 13.0 Å². The first kappa shape index (κ1) is 23.2. The van der Waals surface area contributed by atoms with Gasteiger partial charge in [0.05, 0.1) is 10.8 Å². The Morgan fingerprint density at radius 1 is 0.906 bits per heavy atom. The van der Waals surface area contributed by atoms with Crippen LogP contribution in [0.15, 0.2) is 77.7 Å². The lowest BCUT2D eigenvalue weighted by atomic mass is 10.1. The fourth-order valence-electron chi connectivity index (χ4n) is 2.99. The van der Waals surface area contributed by atoms with Crippen LogP contribution in [0, 0.1) is 5.82 Å². The summed E-state index contributed by atoms with van der Waals surface area (Å²) in [7, 11) is 0. The third kappa shape index (κ3) is 6.04. The SMILES string of the molecule is CCC(Sc1cccc(NC(=O)c2ccccc2F)c1)C(=O)Nc1ccc(C(C)=O)cc1. The summed E-state index contributed by atoms with van der Waals surface area (Å²) in [6, 6.07) is 19.6. The van der Waals surface area contributed by atoms with Crippen molar-refractivity contribution in [1.29, 1.82) is 0 Å². The van der Waals surface area contributed by atoms with Crippen molar-refractivity contribution < 1.29 is 18.8 Å². The first-order chi connectivity index (χ1) is 15.4. The van der Waals surface area contributed by atoms with Crippen LogP contribution >= 0.6 is 11.8 Å². The lowest BCUT2D eigenvalue weighted by molar-refractivity contribution is -0.115. The monoisotopic (exact) mass is 450 g/mol. The highest BCUT2D eigenvalue weighted by Crippen LogP contribution is 2.29. The van der Waals surface area contributed by atoms with Gasteiger partial charge in [-0.1, -0.05) is 25.1 Å². The molecular weight excluding hydrogens is 427 g/mol. The summed E-state index contributed by atoms with van der Waals surface area (Å²) in [5, 5.41) is 5.20. The fourth-order valence-corrected chi connectivity index (χ4v) is 4.00. The van der Waals surface area contributed by atoms with Gasteiger partial charge >= 0.3 is 0 Å². The van der Waals surface area contributed by atoms with Crippen LogP contribution in [0.4, 0.5) is 15.8 Å². The summed E-state index contributed by atoms with van der Waals surface area (Å²) in [4.78, 5) is 37.3. The molecule has 0 aliphatic rings. The molecule has 0 saturated heterocycles. The number of Topliss-reactive ketones (excluding diaryl/α,β-unsaturated/α-hetero) is 1. The number of hydrogen-bond acceptors (Lipinski definition) is 4. The van der Waals surface area contributed by atoms with E-state index in [9.17, 15) is 18.8 Å². The summed E-state index contributed by atoms with van der Waals surface area (Å²) in [5.74, 6) is -1.32. The van der Waals surface area contributed by atoms with Crippen LogP contribution in [0.1, 0.15) is 41.0 Å². The molecule has 32 heavy (non-hydrogen) atoms. The molecule has 3 aromatic carbocycles. The topological polar surface area (TPSA) is 75.3 Å². The molecule has 0 aliphatic carbocycles. The first-order valence-electron chi connectivity index (χ1n) is 10.1. The van der Waals surface area contributed by atoms with Crippen LogP contribution in [0.3, 0.4) is 0 Å². The van der Waals surface area contributed by atoms with Gasteiger partial charge in [0.1, 0.15) is 5.82 Å². The predicted molar refractivity (Wildman–Crippen MR) is 126 cm³/mol. The zero-order chi connectivity index (χ0) is 23.1. The molecule has 2 N–H and O–H groups in total. The quantitative estimate of drug-likeness (QED) is 0.336. The molecule has 164 valence electrons. The van der Waals surface area contributed by atoms with Gasteiger partial charge in [0.2, 0.25) is 5.91 Å². The van der Waals surface area contributed by atoms with Crippen molar-refractivity contribution in [3.63, 3.8) is 0 Å². The van der Waals surface area contributed by atoms with Crippen LogP contribution in [0.25, 0.3) is 0 Å². The summed E-state index contributed by atoms with van der Waals surface area (Å²) < 4.78 is 13.8. The van der Waals surface area contributed by atoms with E-state index in [2.05, 4.69) is 10.6 Å².